The number of hydrogen-bond donors (Lipinski definition) is 1. The quantitative estimate of drug-likeness (QED) is 0.644. The van der Waals surface area contributed by atoms with Gasteiger partial charge in [0.15, 0.2) is 0 Å². The first-order valence-corrected chi connectivity index (χ1v) is 5.55. The van der Waals surface area contributed by atoms with Gasteiger partial charge in [0, 0.05) is 5.41 Å². The van der Waals surface area contributed by atoms with E-state index in [-0.39, 0.29) is 11.5 Å². The lowest BCUT2D eigenvalue weighted by Gasteiger charge is -2.35. The molecule has 72 valence electrons. The third-order valence-electron chi connectivity index (χ3n) is 4.87. The monoisotopic (exact) mass is 178 g/mol. The van der Waals surface area contributed by atoms with Crippen LogP contribution in [0.15, 0.2) is 12.7 Å². The summed E-state index contributed by atoms with van der Waals surface area (Å²) in [5.41, 5.74) is 0.273. The molecular weight excluding hydrogens is 160 g/mol. The summed E-state index contributed by atoms with van der Waals surface area (Å²) in [5, 5.41) is 10.0. The average molecular weight is 178 g/mol. The van der Waals surface area contributed by atoms with Gasteiger partial charge in [0.2, 0.25) is 0 Å². The van der Waals surface area contributed by atoms with Crippen LogP contribution in [0, 0.1) is 23.2 Å². The Morgan fingerprint density at radius 3 is 2.38 bits per heavy atom. The third kappa shape index (κ3) is 0.864. The summed E-state index contributed by atoms with van der Waals surface area (Å²) < 4.78 is 0. The second-order valence-corrected chi connectivity index (χ2v) is 5.46. The van der Waals surface area contributed by atoms with Crippen molar-refractivity contribution in [1.82, 2.24) is 0 Å². The van der Waals surface area contributed by atoms with Crippen LogP contribution in [-0.2, 0) is 0 Å². The fourth-order valence-electron chi connectivity index (χ4n) is 4.58. The van der Waals surface area contributed by atoms with Crippen LogP contribution in [-0.4, -0.2) is 11.2 Å². The summed E-state index contributed by atoms with van der Waals surface area (Å²) in [5.74, 6) is 2.70. The van der Waals surface area contributed by atoms with Gasteiger partial charge in [-0.15, -0.1) is 6.58 Å². The highest BCUT2D eigenvalue weighted by molar-refractivity contribution is 5.13. The number of rotatable bonds is 2. The first-order chi connectivity index (χ1) is 6.24. The van der Waals surface area contributed by atoms with Gasteiger partial charge in [-0.25, -0.2) is 0 Å². The Morgan fingerprint density at radius 2 is 1.85 bits per heavy atom. The maximum Gasteiger partial charge on any atom is 0.0777 e. The van der Waals surface area contributed by atoms with Crippen LogP contribution < -0.4 is 0 Å². The van der Waals surface area contributed by atoms with Crippen LogP contribution in [0.5, 0.6) is 0 Å². The van der Waals surface area contributed by atoms with E-state index in [0.717, 1.165) is 17.8 Å². The van der Waals surface area contributed by atoms with Gasteiger partial charge in [-0.3, -0.25) is 0 Å². The van der Waals surface area contributed by atoms with Crippen LogP contribution in [0.3, 0.4) is 0 Å². The molecule has 3 unspecified atom stereocenters. The zero-order valence-electron chi connectivity index (χ0n) is 8.08. The molecule has 4 aliphatic carbocycles. The summed E-state index contributed by atoms with van der Waals surface area (Å²) in [4.78, 5) is 0. The molecule has 0 aliphatic heterocycles. The number of hydrogen-bond acceptors (Lipinski definition) is 1. The van der Waals surface area contributed by atoms with Gasteiger partial charge in [-0.05, 0) is 49.9 Å². The van der Waals surface area contributed by atoms with Gasteiger partial charge in [-0.2, -0.15) is 0 Å². The molecule has 13 heavy (non-hydrogen) atoms. The average Bonchev–Trinajstić information content (AvgIpc) is 2.51. The van der Waals surface area contributed by atoms with Crippen LogP contribution in [0.2, 0.25) is 0 Å². The van der Waals surface area contributed by atoms with Gasteiger partial charge in [0.05, 0.1) is 6.10 Å². The lowest BCUT2D eigenvalue weighted by atomic mass is 9.72. The molecule has 1 N–H and O–H groups in total. The molecular formula is C12H18O. The lowest BCUT2D eigenvalue weighted by Crippen LogP contribution is -2.34. The molecule has 0 spiro atoms. The van der Waals surface area contributed by atoms with E-state index in [1.54, 1.807) is 6.08 Å². The molecule has 4 aliphatic rings. The van der Waals surface area contributed by atoms with Gasteiger partial charge in [0.25, 0.3) is 0 Å². The van der Waals surface area contributed by atoms with Crippen LogP contribution >= 0.6 is 0 Å². The molecule has 0 aromatic carbocycles. The van der Waals surface area contributed by atoms with Crippen molar-refractivity contribution in [3.63, 3.8) is 0 Å². The Bertz CT molecular complexity index is 232. The maximum atomic E-state index is 10.0. The van der Waals surface area contributed by atoms with Crippen molar-refractivity contribution >= 4 is 0 Å². The van der Waals surface area contributed by atoms with E-state index in [0.29, 0.717) is 0 Å². The van der Waals surface area contributed by atoms with Gasteiger partial charge < -0.3 is 5.11 Å². The summed E-state index contributed by atoms with van der Waals surface area (Å²) in [7, 11) is 0. The van der Waals surface area contributed by atoms with Crippen molar-refractivity contribution in [1.29, 1.82) is 0 Å². The van der Waals surface area contributed by atoms with Crippen molar-refractivity contribution in [2.24, 2.45) is 23.2 Å². The molecule has 3 atom stereocenters. The zero-order chi connectivity index (χ0) is 9.05. The van der Waals surface area contributed by atoms with E-state index < -0.39 is 0 Å². The molecule has 0 aromatic rings. The van der Waals surface area contributed by atoms with E-state index >= 15 is 0 Å². The van der Waals surface area contributed by atoms with Crippen LogP contribution in [0.1, 0.15) is 32.1 Å². The Hall–Kier alpha value is -0.300. The van der Waals surface area contributed by atoms with Gasteiger partial charge in [-0.1, -0.05) is 6.08 Å². The van der Waals surface area contributed by atoms with Crippen molar-refractivity contribution in [2.75, 3.05) is 0 Å². The van der Waals surface area contributed by atoms with Gasteiger partial charge in [0.1, 0.15) is 0 Å². The zero-order valence-corrected chi connectivity index (χ0v) is 8.08. The molecule has 4 rings (SSSR count). The Labute approximate surface area is 79.8 Å². The normalized spacial score (nSPS) is 54.1. The minimum atomic E-state index is -0.229. The predicted octanol–water partition coefficient (Wildman–Crippen LogP) is 2.36. The first kappa shape index (κ1) is 8.05. The molecule has 0 saturated heterocycles. The summed E-state index contributed by atoms with van der Waals surface area (Å²) >= 11 is 0. The van der Waals surface area contributed by atoms with E-state index in [9.17, 15) is 5.11 Å². The first-order valence-electron chi connectivity index (χ1n) is 5.55. The van der Waals surface area contributed by atoms with Crippen LogP contribution in [0.4, 0.5) is 0 Å². The molecule has 4 bridgehead atoms. The summed E-state index contributed by atoms with van der Waals surface area (Å²) in [6.45, 7) is 3.75. The predicted molar refractivity (Wildman–Crippen MR) is 52.2 cm³/mol. The van der Waals surface area contributed by atoms with E-state index in [4.69, 9.17) is 0 Å². The fourth-order valence-corrected chi connectivity index (χ4v) is 4.58. The van der Waals surface area contributed by atoms with Crippen molar-refractivity contribution in [3.8, 4) is 0 Å². The summed E-state index contributed by atoms with van der Waals surface area (Å²) in [6, 6.07) is 0. The van der Waals surface area contributed by atoms with Crippen molar-refractivity contribution in [2.45, 2.75) is 38.2 Å². The summed E-state index contributed by atoms with van der Waals surface area (Å²) in [6.07, 6.45) is 8.32. The van der Waals surface area contributed by atoms with E-state index in [2.05, 4.69) is 6.58 Å². The lowest BCUT2D eigenvalue weighted by molar-refractivity contribution is 0.0342. The molecule has 0 amide bonds. The van der Waals surface area contributed by atoms with E-state index in [1.807, 2.05) is 0 Å². The third-order valence-corrected chi connectivity index (χ3v) is 4.87. The van der Waals surface area contributed by atoms with Crippen LogP contribution in [0.25, 0.3) is 0 Å². The minimum absolute atomic E-state index is 0.229. The highest BCUT2D eigenvalue weighted by Crippen LogP contribution is 2.66. The Balaban J connectivity index is 1.96. The second kappa shape index (κ2) is 2.38. The highest BCUT2D eigenvalue weighted by Gasteiger charge is 2.59. The topological polar surface area (TPSA) is 20.2 Å². The molecule has 4 fully saturated rings. The van der Waals surface area contributed by atoms with Crippen molar-refractivity contribution in [3.05, 3.63) is 12.7 Å². The molecule has 0 radical (unpaired) electrons. The number of aliphatic hydroxyl groups excluding tert-OH is 1. The maximum absolute atomic E-state index is 10.0. The van der Waals surface area contributed by atoms with Crippen molar-refractivity contribution < 1.29 is 5.11 Å². The van der Waals surface area contributed by atoms with Gasteiger partial charge >= 0.3 is 0 Å². The SMILES string of the molecule is C=CC(O)C12CC3CC(CC1C3)C2. The van der Waals surface area contributed by atoms with E-state index in [1.165, 1.54) is 32.1 Å². The molecule has 4 saturated carbocycles. The molecule has 1 nitrogen and oxygen atoms in total. The minimum Gasteiger partial charge on any atom is -0.388 e. The standard InChI is InChI=1S/C12H18O/c1-2-11(13)12-6-8-3-9(7-12)5-10(12)4-8/h2,8-11,13H,1,3-7H2. The molecule has 0 heterocycles. The smallest absolute Gasteiger partial charge is 0.0777 e. The molecule has 0 aromatic heterocycles. The Kier molecular flexibility index (Phi) is 1.48. The largest absolute Gasteiger partial charge is 0.388 e. The molecule has 1 heteroatoms. The number of aliphatic hydroxyl groups is 1. The highest BCUT2D eigenvalue weighted by atomic mass is 16.3. The fraction of sp³-hybridized carbons (Fsp3) is 0.833. The Morgan fingerprint density at radius 1 is 1.23 bits per heavy atom. The second-order valence-electron chi connectivity index (χ2n) is 5.46.